The van der Waals surface area contributed by atoms with Gasteiger partial charge in [0.05, 0.1) is 18.8 Å². The molecule has 2 aromatic heterocycles. The summed E-state index contributed by atoms with van der Waals surface area (Å²) >= 11 is 6.21. The zero-order chi connectivity index (χ0) is 24.5. The Kier molecular flexibility index (Phi) is 5.16. The van der Waals surface area contributed by atoms with Crippen molar-refractivity contribution in [2.45, 2.75) is 51.9 Å². The van der Waals surface area contributed by atoms with Gasteiger partial charge in [-0.3, -0.25) is 9.47 Å². The van der Waals surface area contributed by atoms with E-state index in [1.807, 2.05) is 17.6 Å². The van der Waals surface area contributed by atoms with Crippen LogP contribution in [0.2, 0.25) is 5.02 Å². The second-order valence-electron chi connectivity index (χ2n) is 10.4. The lowest BCUT2D eigenvalue weighted by Crippen LogP contribution is -2.62. The van der Waals surface area contributed by atoms with Crippen molar-refractivity contribution >= 4 is 17.4 Å². The maximum atomic E-state index is 13.2. The first-order chi connectivity index (χ1) is 16.6. The molecular weight excluding hydrogens is 477 g/mol. The number of aryl methyl sites for hydroxylation is 2. The second-order valence-corrected chi connectivity index (χ2v) is 10.9. The summed E-state index contributed by atoms with van der Waals surface area (Å²) in [5.74, 6) is 2.64. The highest BCUT2D eigenvalue weighted by molar-refractivity contribution is 6.30. The molecule has 0 radical (unpaired) electrons. The van der Waals surface area contributed by atoms with E-state index in [9.17, 15) is 13.2 Å². The lowest BCUT2D eigenvalue weighted by atomic mass is 9.57. The molecule has 1 spiro atoms. The molecule has 1 saturated heterocycles. The SMILES string of the molecule is Cc1cc(C)nc(N2CC3(CC(c4nnc5n4-c4ccc(Cl)cc4CN(CC(F)(F)F)C5)C3)C2)c1. The van der Waals surface area contributed by atoms with E-state index >= 15 is 0 Å². The Labute approximate surface area is 206 Å². The van der Waals surface area contributed by atoms with Crippen molar-refractivity contribution in [3.63, 3.8) is 0 Å². The molecular formula is C25H26ClF3N6. The molecule has 3 aliphatic rings. The van der Waals surface area contributed by atoms with E-state index < -0.39 is 12.7 Å². The number of hydrogen-bond acceptors (Lipinski definition) is 5. The van der Waals surface area contributed by atoms with Crippen molar-refractivity contribution in [2.24, 2.45) is 5.41 Å². The average Bonchev–Trinajstić information content (AvgIpc) is 3.00. The lowest BCUT2D eigenvalue weighted by Gasteiger charge is -2.59. The number of pyridine rings is 1. The lowest BCUT2D eigenvalue weighted by molar-refractivity contribution is -0.148. The van der Waals surface area contributed by atoms with E-state index in [2.05, 4.69) is 39.1 Å². The Bertz CT molecular complexity index is 1270. The summed E-state index contributed by atoms with van der Waals surface area (Å²) in [6.07, 6.45) is -2.32. The van der Waals surface area contributed by atoms with Crippen molar-refractivity contribution in [1.82, 2.24) is 24.6 Å². The highest BCUT2D eigenvalue weighted by atomic mass is 35.5. The van der Waals surface area contributed by atoms with Gasteiger partial charge in [0.25, 0.3) is 0 Å². The molecule has 0 unspecified atom stereocenters. The van der Waals surface area contributed by atoms with E-state index in [4.69, 9.17) is 11.6 Å². The van der Waals surface area contributed by atoms with Gasteiger partial charge in [0, 0.05) is 41.7 Å². The summed E-state index contributed by atoms with van der Waals surface area (Å²) in [6.45, 7) is 5.27. The molecule has 10 heteroatoms. The third kappa shape index (κ3) is 4.18. The molecule has 184 valence electrons. The number of aromatic nitrogens is 4. The summed E-state index contributed by atoms with van der Waals surface area (Å²) < 4.78 is 41.6. The average molecular weight is 503 g/mol. The van der Waals surface area contributed by atoms with Crippen molar-refractivity contribution in [2.75, 3.05) is 24.5 Å². The predicted octanol–water partition coefficient (Wildman–Crippen LogP) is 5.19. The van der Waals surface area contributed by atoms with E-state index in [1.165, 1.54) is 10.5 Å². The van der Waals surface area contributed by atoms with Crippen LogP contribution in [-0.4, -0.2) is 50.5 Å². The predicted molar refractivity (Wildman–Crippen MR) is 127 cm³/mol. The number of benzene rings is 1. The number of nitrogens with zero attached hydrogens (tertiary/aromatic N) is 6. The maximum absolute atomic E-state index is 13.2. The van der Waals surface area contributed by atoms with Crippen LogP contribution in [0.25, 0.3) is 5.69 Å². The molecule has 6 rings (SSSR count). The zero-order valence-corrected chi connectivity index (χ0v) is 20.4. The molecule has 1 aromatic carbocycles. The Morgan fingerprint density at radius 2 is 1.83 bits per heavy atom. The minimum absolute atomic E-state index is 0.0861. The fourth-order valence-corrected chi connectivity index (χ4v) is 6.25. The summed E-state index contributed by atoms with van der Waals surface area (Å²) in [4.78, 5) is 8.37. The van der Waals surface area contributed by atoms with Crippen molar-refractivity contribution in [3.8, 4) is 5.69 Å². The minimum Gasteiger partial charge on any atom is -0.355 e. The Balaban J connectivity index is 1.24. The van der Waals surface area contributed by atoms with Crippen LogP contribution < -0.4 is 4.90 Å². The number of halogens is 4. The minimum atomic E-state index is -4.29. The highest BCUT2D eigenvalue weighted by Gasteiger charge is 2.54. The smallest absolute Gasteiger partial charge is 0.355 e. The largest absolute Gasteiger partial charge is 0.401 e. The van der Waals surface area contributed by atoms with Gasteiger partial charge in [0.2, 0.25) is 0 Å². The number of fused-ring (bicyclic) bond motifs is 3. The van der Waals surface area contributed by atoms with E-state index in [0.29, 0.717) is 10.8 Å². The zero-order valence-electron chi connectivity index (χ0n) is 19.6. The van der Waals surface area contributed by atoms with Crippen LogP contribution in [0.4, 0.5) is 19.0 Å². The molecule has 4 heterocycles. The van der Waals surface area contributed by atoms with E-state index in [-0.39, 0.29) is 24.4 Å². The first-order valence-corrected chi connectivity index (χ1v) is 12.2. The van der Waals surface area contributed by atoms with Gasteiger partial charge in [0.15, 0.2) is 5.82 Å². The molecule has 3 aromatic rings. The van der Waals surface area contributed by atoms with Gasteiger partial charge in [-0.2, -0.15) is 13.2 Å². The molecule has 0 bridgehead atoms. The summed E-state index contributed by atoms with van der Waals surface area (Å²) in [7, 11) is 0. The van der Waals surface area contributed by atoms with Crippen LogP contribution >= 0.6 is 11.6 Å². The van der Waals surface area contributed by atoms with Crippen LogP contribution in [0.5, 0.6) is 0 Å². The van der Waals surface area contributed by atoms with Crippen LogP contribution in [0.15, 0.2) is 30.3 Å². The highest BCUT2D eigenvalue weighted by Crippen LogP contribution is 2.56. The molecule has 1 aliphatic carbocycles. The van der Waals surface area contributed by atoms with Gasteiger partial charge < -0.3 is 4.90 Å². The molecule has 0 atom stereocenters. The van der Waals surface area contributed by atoms with Crippen molar-refractivity contribution < 1.29 is 13.2 Å². The number of hydrogen-bond donors (Lipinski definition) is 0. The number of alkyl halides is 3. The van der Waals surface area contributed by atoms with Crippen LogP contribution in [-0.2, 0) is 13.1 Å². The fourth-order valence-electron chi connectivity index (χ4n) is 6.05. The third-order valence-electron chi connectivity index (χ3n) is 7.38. The van der Waals surface area contributed by atoms with Crippen LogP contribution in [0.1, 0.15) is 47.2 Å². The van der Waals surface area contributed by atoms with E-state index in [1.54, 1.807) is 12.1 Å². The maximum Gasteiger partial charge on any atom is 0.401 e. The van der Waals surface area contributed by atoms with Crippen molar-refractivity contribution in [3.05, 3.63) is 63.8 Å². The molecule has 0 N–H and O–H groups in total. The summed E-state index contributed by atoms with van der Waals surface area (Å²) in [6, 6.07) is 9.61. The Hall–Kier alpha value is -2.65. The molecule has 35 heavy (non-hydrogen) atoms. The Morgan fingerprint density at radius 3 is 2.54 bits per heavy atom. The molecule has 1 saturated carbocycles. The second kappa shape index (κ2) is 7.93. The normalized spacial score (nSPS) is 19.7. The topological polar surface area (TPSA) is 50.1 Å². The van der Waals surface area contributed by atoms with Gasteiger partial charge in [-0.15, -0.1) is 10.2 Å². The quantitative estimate of drug-likeness (QED) is 0.493. The Morgan fingerprint density at radius 1 is 1.06 bits per heavy atom. The van der Waals surface area contributed by atoms with Gasteiger partial charge in [-0.25, -0.2) is 4.98 Å². The monoisotopic (exact) mass is 502 g/mol. The molecule has 6 nitrogen and oxygen atoms in total. The molecule has 0 amide bonds. The van der Waals surface area contributed by atoms with Gasteiger partial charge in [0.1, 0.15) is 11.6 Å². The van der Waals surface area contributed by atoms with Gasteiger partial charge in [-0.05, 0) is 68.1 Å². The number of anilines is 1. The van der Waals surface area contributed by atoms with E-state index in [0.717, 1.165) is 54.5 Å². The fraction of sp³-hybridized carbons (Fsp3) is 0.480. The summed E-state index contributed by atoms with van der Waals surface area (Å²) in [5, 5.41) is 9.33. The number of rotatable bonds is 3. The molecule has 2 fully saturated rings. The first kappa shape index (κ1) is 22.8. The van der Waals surface area contributed by atoms with Crippen LogP contribution in [0.3, 0.4) is 0 Å². The van der Waals surface area contributed by atoms with Gasteiger partial charge in [-0.1, -0.05) is 11.6 Å². The molecule has 2 aliphatic heterocycles. The van der Waals surface area contributed by atoms with Gasteiger partial charge >= 0.3 is 6.18 Å². The van der Waals surface area contributed by atoms with Crippen LogP contribution in [0, 0.1) is 19.3 Å². The standard InChI is InChI=1S/C25H26ClF3N6/c1-15-5-16(2)30-21(6-15)34-12-24(13-34)8-18(9-24)23-32-31-22-11-33(14-25(27,28)29)10-17-7-19(26)3-4-20(17)35(22)23/h3-7,18H,8-14H2,1-2H3. The first-order valence-electron chi connectivity index (χ1n) is 11.8. The van der Waals surface area contributed by atoms with Crippen molar-refractivity contribution in [1.29, 1.82) is 0 Å². The third-order valence-corrected chi connectivity index (χ3v) is 7.62. The summed E-state index contributed by atoms with van der Waals surface area (Å²) in [5.41, 5.74) is 4.06.